The maximum absolute atomic E-state index is 5.62. The van der Waals surface area contributed by atoms with Gasteiger partial charge in [-0.05, 0) is 37.0 Å². The lowest BCUT2D eigenvalue weighted by Gasteiger charge is -2.38. The van der Waals surface area contributed by atoms with Crippen LogP contribution in [-0.4, -0.2) is 15.1 Å². The van der Waals surface area contributed by atoms with Crippen LogP contribution in [0.4, 0.5) is 5.82 Å². The van der Waals surface area contributed by atoms with Gasteiger partial charge >= 0.3 is 0 Å². The summed E-state index contributed by atoms with van der Waals surface area (Å²) < 4.78 is 5.61. The molecule has 2 heterocycles. The first kappa shape index (κ1) is 13.9. The van der Waals surface area contributed by atoms with Crippen LogP contribution in [0.3, 0.4) is 0 Å². The van der Waals surface area contributed by atoms with E-state index in [9.17, 15) is 0 Å². The number of nitrogen functional groups attached to an aromatic ring is 1. The van der Waals surface area contributed by atoms with Gasteiger partial charge in [0.1, 0.15) is 5.82 Å². The Kier molecular flexibility index (Phi) is 3.33. The molecule has 1 aliphatic rings. The quantitative estimate of drug-likeness (QED) is 0.799. The molecular formula is C18H18N4O. The van der Waals surface area contributed by atoms with Crippen LogP contribution in [0.15, 0.2) is 53.2 Å². The monoisotopic (exact) mass is 306 g/mol. The number of nitrogens with zero attached hydrogens (tertiary/aromatic N) is 3. The van der Waals surface area contributed by atoms with Crippen molar-refractivity contribution in [3.8, 4) is 11.4 Å². The number of anilines is 1. The van der Waals surface area contributed by atoms with E-state index in [-0.39, 0.29) is 5.41 Å². The molecular weight excluding hydrogens is 288 g/mol. The van der Waals surface area contributed by atoms with Crippen LogP contribution < -0.4 is 5.73 Å². The van der Waals surface area contributed by atoms with Gasteiger partial charge in [0.25, 0.3) is 0 Å². The summed E-state index contributed by atoms with van der Waals surface area (Å²) in [5, 5.41) is 4.14. The summed E-state index contributed by atoms with van der Waals surface area (Å²) in [6.07, 6.45) is 5.99. The van der Waals surface area contributed by atoms with Crippen LogP contribution >= 0.6 is 0 Å². The number of pyridine rings is 1. The van der Waals surface area contributed by atoms with E-state index in [4.69, 9.17) is 10.3 Å². The summed E-state index contributed by atoms with van der Waals surface area (Å²) in [5.41, 5.74) is 7.73. The summed E-state index contributed by atoms with van der Waals surface area (Å²) >= 11 is 0. The van der Waals surface area contributed by atoms with Gasteiger partial charge in [-0.25, -0.2) is 4.98 Å². The molecule has 0 radical (unpaired) electrons. The van der Waals surface area contributed by atoms with E-state index in [1.54, 1.807) is 12.3 Å². The Hall–Kier alpha value is -2.69. The number of hydrogen-bond donors (Lipinski definition) is 1. The third-order valence-electron chi connectivity index (χ3n) is 4.62. The highest BCUT2D eigenvalue weighted by Gasteiger charge is 2.43. The van der Waals surface area contributed by atoms with Crippen LogP contribution in [-0.2, 0) is 11.8 Å². The fraction of sp³-hybridized carbons (Fsp3) is 0.278. The highest BCUT2D eigenvalue weighted by molar-refractivity contribution is 5.54. The second-order valence-electron chi connectivity index (χ2n) is 6.19. The Balaban J connectivity index is 1.63. The smallest absolute Gasteiger partial charge is 0.233 e. The molecule has 0 saturated heterocycles. The van der Waals surface area contributed by atoms with Gasteiger partial charge in [0, 0.05) is 11.8 Å². The van der Waals surface area contributed by atoms with Crippen LogP contribution in [0, 0.1) is 0 Å². The highest BCUT2D eigenvalue weighted by atomic mass is 16.5. The molecule has 0 amide bonds. The van der Waals surface area contributed by atoms with Gasteiger partial charge in [-0.1, -0.05) is 41.9 Å². The van der Waals surface area contributed by atoms with Crippen molar-refractivity contribution in [1.82, 2.24) is 15.1 Å². The fourth-order valence-corrected chi connectivity index (χ4v) is 3.15. The zero-order valence-electron chi connectivity index (χ0n) is 12.8. The molecule has 0 spiro atoms. The maximum Gasteiger partial charge on any atom is 0.233 e. The first-order valence-electron chi connectivity index (χ1n) is 7.85. The maximum atomic E-state index is 5.62. The molecule has 2 N–H and O–H groups in total. The van der Waals surface area contributed by atoms with E-state index < -0.39 is 0 Å². The average Bonchev–Trinajstić information content (AvgIpc) is 3.03. The summed E-state index contributed by atoms with van der Waals surface area (Å²) in [5.74, 6) is 1.79. The first-order chi connectivity index (χ1) is 11.3. The van der Waals surface area contributed by atoms with Gasteiger partial charge in [-0.2, -0.15) is 4.98 Å². The predicted octanol–water partition coefficient (Wildman–Crippen LogP) is 3.38. The SMILES string of the molecule is Nc1ccc(-c2noc(C3(Cc4ccccc4)CCC3)n2)cn1. The van der Waals surface area contributed by atoms with Crippen LogP contribution in [0.25, 0.3) is 11.4 Å². The minimum absolute atomic E-state index is 0.0200. The second kappa shape index (κ2) is 5.50. The van der Waals surface area contributed by atoms with E-state index in [1.165, 1.54) is 12.0 Å². The molecule has 0 atom stereocenters. The zero-order valence-corrected chi connectivity index (χ0v) is 12.8. The van der Waals surface area contributed by atoms with Gasteiger partial charge < -0.3 is 10.3 Å². The Labute approximate surface area is 134 Å². The lowest BCUT2D eigenvalue weighted by atomic mass is 9.65. The van der Waals surface area contributed by atoms with E-state index in [1.807, 2.05) is 12.1 Å². The lowest BCUT2D eigenvalue weighted by Crippen LogP contribution is -2.36. The van der Waals surface area contributed by atoms with Crippen LogP contribution in [0.5, 0.6) is 0 Å². The zero-order chi connectivity index (χ0) is 15.7. The van der Waals surface area contributed by atoms with Crippen LogP contribution in [0.1, 0.15) is 30.7 Å². The van der Waals surface area contributed by atoms with Crippen molar-refractivity contribution in [1.29, 1.82) is 0 Å². The topological polar surface area (TPSA) is 77.8 Å². The number of nitrogens with two attached hydrogens (primary N) is 1. The van der Waals surface area contributed by atoms with E-state index >= 15 is 0 Å². The standard InChI is InChI=1S/C18H18N4O/c19-15-8-7-14(12-20-15)16-21-17(23-22-16)18(9-4-10-18)11-13-5-2-1-3-6-13/h1-3,5-8,12H,4,9-11H2,(H2,19,20). The molecule has 0 bridgehead atoms. The molecule has 5 nitrogen and oxygen atoms in total. The Bertz CT molecular complexity index is 791. The van der Waals surface area contributed by atoms with Crippen molar-refractivity contribution in [3.05, 3.63) is 60.1 Å². The number of rotatable bonds is 4. The molecule has 1 aliphatic carbocycles. The molecule has 23 heavy (non-hydrogen) atoms. The molecule has 2 aromatic heterocycles. The molecule has 4 rings (SSSR count). The molecule has 1 aromatic carbocycles. The molecule has 116 valence electrons. The fourth-order valence-electron chi connectivity index (χ4n) is 3.15. The third-order valence-corrected chi connectivity index (χ3v) is 4.62. The van der Waals surface area contributed by atoms with Crippen molar-refractivity contribution in [2.45, 2.75) is 31.1 Å². The summed E-state index contributed by atoms with van der Waals surface area (Å²) in [4.78, 5) is 8.73. The molecule has 1 fully saturated rings. The van der Waals surface area contributed by atoms with Crippen LogP contribution in [0.2, 0.25) is 0 Å². The largest absolute Gasteiger partial charge is 0.384 e. The summed E-state index contributed by atoms with van der Waals surface area (Å²) in [6, 6.07) is 14.1. The minimum atomic E-state index is -0.0200. The normalized spacial score (nSPS) is 16.0. The second-order valence-corrected chi connectivity index (χ2v) is 6.19. The molecule has 3 aromatic rings. The molecule has 0 unspecified atom stereocenters. The number of benzene rings is 1. The highest BCUT2D eigenvalue weighted by Crippen LogP contribution is 2.45. The number of aromatic nitrogens is 3. The third kappa shape index (κ3) is 2.59. The van der Waals surface area contributed by atoms with Gasteiger partial charge in [-0.3, -0.25) is 0 Å². The van der Waals surface area contributed by atoms with Crippen molar-refractivity contribution in [2.75, 3.05) is 5.73 Å². The van der Waals surface area contributed by atoms with E-state index in [2.05, 4.69) is 39.4 Å². The van der Waals surface area contributed by atoms with Gasteiger partial charge in [0.05, 0.1) is 5.41 Å². The molecule has 1 saturated carbocycles. The van der Waals surface area contributed by atoms with Crippen molar-refractivity contribution in [2.24, 2.45) is 0 Å². The number of hydrogen-bond acceptors (Lipinski definition) is 5. The van der Waals surface area contributed by atoms with Crippen molar-refractivity contribution >= 4 is 5.82 Å². The molecule has 5 heteroatoms. The Morgan fingerprint density at radius 3 is 2.57 bits per heavy atom. The Morgan fingerprint density at radius 1 is 1.09 bits per heavy atom. The van der Waals surface area contributed by atoms with Gasteiger partial charge in [0.2, 0.25) is 11.7 Å². The Morgan fingerprint density at radius 2 is 1.91 bits per heavy atom. The van der Waals surface area contributed by atoms with Gasteiger partial charge in [0.15, 0.2) is 0 Å². The van der Waals surface area contributed by atoms with Crippen molar-refractivity contribution < 1.29 is 4.52 Å². The van der Waals surface area contributed by atoms with Gasteiger partial charge in [-0.15, -0.1) is 0 Å². The minimum Gasteiger partial charge on any atom is -0.384 e. The van der Waals surface area contributed by atoms with E-state index in [0.29, 0.717) is 11.6 Å². The summed E-state index contributed by atoms with van der Waals surface area (Å²) in [6.45, 7) is 0. The van der Waals surface area contributed by atoms with Crippen molar-refractivity contribution in [3.63, 3.8) is 0 Å². The lowest BCUT2D eigenvalue weighted by molar-refractivity contribution is 0.173. The first-order valence-corrected chi connectivity index (χ1v) is 7.85. The summed E-state index contributed by atoms with van der Waals surface area (Å²) in [7, 11) is 0. The predicted molar refractivity (Wildman–Crippen MR) is 87.6 cm³/mol. The molecule has 0 aliphatic heterocycles. The average molecular weight is 306 g/mol. The van der Waals surface area contributed by atoms with E-state index in [0.717, 1.165) is 30.7 Å².